The number of hydrogen-bond donors (Lipinski definition) is 0. The van der Waals surface area contributed by atoms with Crippen LogP contribution < -0.4 is 0 Å². The molecule has 0 aliphatic heterocycles. The van der Waals surface area contributed by atoms with Crippen LogP contribution in [0, 0.1) is 0 Å². The number of nitrogens with zero attached hydrogens (tertiary/aromatic N) is 4. The molecule has 0 aliphatic carbocycles. The number of hydrogen-bond acceptors (Lipinski definition) is 3. The van der Waals surface area contributed by atoms with Gasteiger partial charge in [-0.25, -0.2) is 15.0 Å². The Morgan fingerprint density at radius 1 is 0.283 bits per heavy atom. The quantitative estimate of drug-likeness (QED) is 0.176. The third-order valence-corrected chi connectivity index (χ3v) is 10.1. The molecule has 0 saturated heterocycles. The monoisotopic (exact) mass is 676 g/mol. The van der Waals surface area contributed by atoms with Crippen molar-refractivity contribution in [3.05, 3.63) is 194 Å². The lowest BCUT2D eigenvalue weighted by molar-refractivity contribution is 1.07. The highest BCUT2D eigenvalue weighted by Gasteiger charge is 2.17. The fourth-order valence-corrected chi connectivity index (χ4v) is 7.44. The normalized spacial score (nSPS) is 11.4. The zero-order chi connectivity index (χ0) is 35.1. The van der Waals surface area contributed by atoms with Crippen molar-refractivity contribution in [3.8, 4) is 62.1 Å². The third-order valence-electron chi connectivity index (χ3n) is 10.1. The average Bonchev–Trinajstić information content (AvgIpc) is 3.57. The number of rotatable bonds is 6. The minimum absolute atomic E-state index is 0.633. The van der Waals surface area contributed by atoms with E-state index >= 15 is 0 Å². The second kappa shape index (κ2) is 12.9. The topological polar surface area (TPSA) is 43.6 Å². The van der Waals surface area contributed by atoms with Crippen molar-refractivity contribution < 1.29 is 0 Å². The fourth-order valence-electron chi connectivity index (χ4n) is 7.44. The van der Waals surface area contributed by atoms with Gasteiger partial charge in [0.15, 0.2) is 17.5 Å². The molecule has 10 rings (SSSR count). The molecule has 0 N–H and O–H groups in total. The number of benzene rings is 8. The molecule has 0 amide bonds. The van der Waals surface area contributed by atoms with E-state index in [9.17, 15) is 0 Å². The van der Waals surface area contributed by atoms with E-state index in [0.29, 0.717) is 17.5 Å². The van der Waals surface area contributed by atoms with Gasteiger partial charge in [0, 0.05) is 32.8 Å². The van der Waals surface area contributed by atoms with Crippen molar-refractivity contribution in [1.82, 2.24) is 19.5 Å². The number of aromatic nitrogens is 4. The van der Waals surface area contributed by atoms with E-state index in [1.807, 2.05) is 36.4 Å². The Hall–Kier alpha value is -7.17. The highest BCUT2D eigenvalue weighted by molar-refractivity contribution is 6.11. The van der Waals surface area contributed by atoms with Gasteiger partial charge >= 0.3 is 0 Å². The number of fused-ring (bicyclic) bond motifs is 4. The maximum atomic E-state index is 5.07. The maximum absolute atomic E-state index is 5.07. The summed E-state index contributed by atoms with van der Waals surface area (Å²) in [6.45, 7) is 0. The van der Waals surface area contributed by atoms with E-state index in [1.54, 1.807) is 0 Å². The summed E-state index contributed by atoms with van der Waals surface area (Å²) >= 11 is 0. The molecule has 0 unspecified atom stereocenters. The average molecular weight is 677 g/mol. The zero-order valence-electron chi connectivity index (χ0n) is 28.8. The van der Waals surface area contributed by atoms with Gasteiger partial charge in [0.25, 0.3) is 0 Å². The van der Waals surface area contributed by atoms with Gasteiger partial charge in [-0.3, -0.25) is 0 Å². The van der Waals surface area contributed by atoms with Crippen LogP contribution in [-0.4, -0.2) is 19.5 Å². The Bertz CT molecular complexity index is 2920. The summed E-state index contributed by atoms with van der Waals surface area (Å²) in [5.41, 5.74) is 10.9. The molecule has 0 bridgehead atoms. The Kier molecular flexibility index (Phi) is 7.43. The van der Waals surface area contributed by atoms with Crippen LogP contribution in [0.15, 0.2) is 194 Å². The first-order chi connectivity index (χ1) is 26.3. The fraction of sp³-hybridized carbons (Fsp3) is 0. The van der Waals surface area contributed by atoms with Gasteiger partial charge in [-0.2, -0.15) is 0 Å². The van der Waals surface area contributed by atoms with Gasteiger partial charge < -0.3 is 4.57 Å². The molecule has 4 nitrogen and oxygen atoms in total. The van der Waals surface area contributed by atoms with Crippen LogP contribution in [0.3, 0.4) is 0 Å². The van der Waals surface area contributed by atoms with Crippen molar-refractivity contribution in [2.75, 3.05) is 0 Å². The van der Waals surface area contributed by atoms with E-state index in [-0.39, 0.29) is 0 Å². The van der Waals surface area contributed by atoms with E-state index in [1.165, 1.54) is 43.8 Å². The van der Waals surface area contributed by atoms with Gasteiger partial charge in [-0.15, -0.1) is 0 Å². The van der Waals surface area contributed by atoms with E-state index < -0.39 is 0 Å². The Morgan fingerprint density at radius 3 is 1.53 bits per heavy atom. The van der Waals surface area contributed by atoms with Crippen LogP contribution in [0.5, 0.6) is 0 Å². The Morgan fingerprint density at radius 2 is 0.755 bits per heavy atom. The lowest BCUT2D eigenvalue weighted by Gasteiger charge is -2.12. The van der Waals surface area contributed by atoms with Gasteiger partial charge in [-0.05, 0) is 51.9 Å². The van der Waals surface area contributed by atoms with Crippen molar-refractivity contribution >= 4 is 32.6 Å². The summed E-state index contributed by atoms with van der Waals surface area (Å²) in [7, 11) is 0. The summed E-state index contributed by atoms with van der Waals surface area (Å²) in [5.74, 6) is 1.91. The summed E-state index contributed by atoms with van der Waals surface area (Å²) in [4.78, 5) is 15.1. The molecule has 4 heteroatoms. The SMILES string of the molecule is c1ccc(-c2ccc(-c3nc(-c4ccccc4)nc(-c4cccc(-c5ccc6c7ccccc7n(-c7cccc8ccccc78)c6c5)c4)n3)cc2)cc1. The molecule has 0 saturated carbocycles. The molecule has 53 heavy (non-hydrogen) atoms. The highest BCUT2D eigenvalue weighted by Crippen LogP contribution is 2.37. The standard InChI is InChI=1S/C49H32N4/c1-3-13-33(14-4-1)34-25-27-37(28-26-34)48-50-47(36-16-5-2-6-17-36)51-49(52-48)40-20-11-19-38(31-40)39-29-30-43-42-22-9-10-23-45(42)53(46(43)32-39)44-24-12-18-35-15-7-8-21-41(35)44/h1-32H. The van der Waals surface area contributed by atoms with Crippen molar-refractivity contribution in [1.29, 1.82) is 0 Å². The first-order valence-electron chi connectivity index (χ1n) is 17.9. The maximum Gasteiger partial charge on any atom is 0.164 e. The molecule has 0 atom stereocenters. The first kappa shape index (κ1) is 30.6. The van der Waals surface area contributed by atoms with Crippen LogP contribution in [0.25, 0.3) is 94.7 Å². The molecule has 10 aromatic rings. The van der Waals surface area contributed by atoms with Crippen LogP contribution in [0.2, 0.25) is 0 Å². The Balaban J connectivity index is 1.10. The van der Waals surface area contributed by atoms with E-state index in [0.717, 1.165) is 33.4 Å². The molecule has 8 aromatic carbocycles. The molecular weight excluding hydrogens is 645 g/mol. The first-order valence-corrected chi connectivity index (χ1v) is 17.9. The van der Waals surface area contributed by atoms with E-state index in [2.05, 4.69) is 162 Å². The molecule has 2 aromatic heterocycles. The van der Waals surface area contributed by atoms with Crippen molar-refractivity contribution in [2.45, 2.75) is 0 Å². The van der Waals surface area contributed by atoms with Crippen LogP contribution in [-0.2, 0) is 0 Å². The predicted octanol–water partition coefficient (Wildman–Crippen LogP) is 12.5. The molecular formula is C49H32N4. The lowest BCUT2D eigenvalue weighted by Crippen LogP contribution is -2.00. The second-order valence-corrected chi connectivity index (χ2v) is 13.3. The predicted molar refractivity (Wildman–Crippen MR) is 219 cm³/mol. The Labute approximate surface area is 307 Å². The molecule has 0 radical (unpaired) electrons. The van der Waals surface area contributed by atoms with Gasteiger partial charge in [0.1, 0.15) is 0 Å². The van der Waals surface area contributed by atoms with Crippen molar-refractivity contribution in [2.24, 2.45) is 0 Å². The number of para-hydroxylation sites is 1. The smallest absolute Gasteiger partial charge is 0.164 e. The van der Waals surface area contributed by atoms with Crippen molar-refractivity contribution in [3.63, 3.8) is 0 Å². The molecule has 248 valence electrons. The summed E-state index contributed by atoms with van der Waals surface area (Å²) < 4.78 is 2.41. The van der Waals surface area contributed by atoms with Crippen LogP contribution in [0.4, 0.5) is 0 Å². The largest absolute Gasteiger partial charge is 0.309 e. The minimum Gasteiger partial charge on any atom is -0.309 e. The highest BCUT2D eigenvalue weighted by atomic mass is 15.0. The molecule has 0 fully saturated rings. The lowest BCUT2D eigenvalue weighted by atomic mass is 10.0. The summed E-state index contributed by atoms with van der Waals surface area (Å²) in [6, 6.07) is 68.2. The summed E-state index contributed by atoms with van der Waals surface area (Å²) in [6.07, 6.45) is 0. The second-order valence-electron chi connectivity index (χ2n) is 13.3. The third kappa shape index (κ3) is 5.54. The minimum atomic E-state index is 0.633. The molecule has 2 heterocycles. The van der Waals surface area contributed by atoms with Gasteiger partial charge in [0.05, 0.1) is 16.7 Å². The zero-order valence-corrected chi connectivity index (χ0v) is 28.8. The van der Waals surface area contributed by atoms with Gasteiger partial charge in [0.2, 0.25) is 0 Å². The summed E-state index contributed by atoms with van der Waals surface area (Å²) in [5, 5.41) is 4.90. The van der Waals surface area contributed by atoms with Gasteiger partial charge in [-0.1, -0.05) is 170 Å². The van der Waals surface area contributed by atoms with E-state index in [4.69, 9.17) is 15.0 Å². The molecule has 0 spiro atoms. The van der Waals surface area contributed by atoms with Crippen LogP contribution in [0.1, 0.15) is 0 Å². The van der Waals surface area contributed by atoms with Crippen LogP contribution >= 0.6 is 0 Å². The molecule has 0 aliphatic rings.